The zero-order chi connectivity index (χ0) is 7.94. The largest absolute Gasteiger partial charge is 0.384 e. The lowest BCUT2D eigenvalue weighted by atomic mass is 10.4. The van der Waals surface area contributed by atoms with Crippen LogP contribution in [0.15, 0.2) is 24.5 Å². The van der Waals surface area contributed by atoms with Gasteiger partial charge in [0.2, 0.25) is 0 Å². The summed E-state index contributed by atoms with van der Waals surface area (Å²) in [6, 6.07) is 5.80. The number of hydrogen-bond acceptors (Lipinski definition) is 3. The van der Waals surface area contributed by atoms with E-state index in [1.54, 1.807) is 12.4 Å². The molecule has 0 aliphatic carbocycles. The molecule has 0 saturated carbocycles. The second-order valence-electron chi connectivity index (χ2n) is 2.07. The van der Waals surface area contributed by atoms with Gasteiger partial charge >= 0.3 is 0 Å². The SMILES string of the molecule is N#CCCNc1ccncc1. The molecule has 0 spiro atoms. The summed E-state index contributed by atoms with van der Waals surface area (Å²) < 4.78 is 0. The minimum atomic E-state index is 0.530. The van der Waals surface area contributed by atoms with Crippen LogP contribution in [0.1, 0.15) is 6.42 Å². The van der Waals surface area contributed by atoms with Gasteiger partial charge in [-0.2, -0.15) is 5.26 Å². The Hall–Kier alpha value is -1.56. The normalized spacial score (nSPS) is 8.64. The molecule has 0 unspecified atom stereocenters. The predicted octanol–water partition coefficient (Wildman–Crippen LogP) is 1.41. The maximum Gasteiger partial charge on any atom is 0.0640 e. The zero-order valence-electron chi connectivity index (χ0n) is 6.12. The van der Waals surface area contributed by atoms with Crippen LogP contribution in [0.4, 0.5) is 5.69 Å². The zero-order valence-corrected chi connectivity index (χ0v) is 6.12. The smallest absolute Gasteiger partial charge is 0.0640 e. The number of hydrogen-bond donors (Lipinski definition) is 1. The molecular weight excluding hydrogens is 138 g/mol. The van der Waals surface area contributed by atoms with E-state index in [4.69, 9.17) is 5.26 Å². The monoisotopic (exact) mass is 147 g/mol. The first-order chi connectivity index (χ1) is 5.43. The van der Waals surface area contributed by atoms with Gasteiger partial charge in [0, 0.05) is 24.6 Å². The maximum atomic E-state index is 8.24. The van der Waals surface area contributed by atoms with Gasteiger partial charge in [-0.15, -0.1) is 0 Å². The van der Waals surface area contributed by atoms with Crippen LogP contribution >= 0.6 is 0 Å². The average molecular weight is 147 g/mol. The Morgan fingerprint density at radius 1 is 1.45 bits per heavy atom. The molecule has 1 N–H and O–H groups in total. The molecule has 56 valence electrons. The van der Waals surface area contributed by atoms with Crippen molar-refractivity contribution in [3.8, 4) is 6.07 Å². The first-order valence-corrected chi connectivity index (χ1v) is 3.44. The van der Waals surface area contributed by atoms with Crippen LogP contribution < -0.4 is 5.32 Å². The van der Waals surface area contributed by atoms with E-state index in [2.05, 4.69) is 16.4 Å². The molecule has 0 saturated heterocycles. The van der Waals surface area contributed by atoms with Crippen molar-refractivity contribution in [2.24, 2.45) is 0 Å². The van der Waals surface area contributed by atoms with Crippen LogP contribution in [0, 0.1) is 11.3 Å². The van der Waals surface area contributed by atoms with Gasteiger partial charge < -0.3 is 5.32 Å². The lowest BCUT2D eigenvalue weighted by Crippen LogP contribution is -1.99. The van der Waals surface area contributed by atoms with Crippen molar-refractivity contribution in [2.75, 3.05) is 11.9 Å². The van der Waals surface area contributed by atoms with Crippen molar-refractivity contribution in [1.29, 1.82) is 5.26 Å². The van der Waals surface area contributed by atoms with E-state index in [1.807, 2.05) is 12.1 Å². The van der Waals surface area contributed by atoms with E-state index >= 15 is 0 Å². The topological polar surface area (TPSA) is 48.7 Å². The molecule has 0 bridgehead atoms. The van der Waals surface area contributed by atoms with Crippen molar-refractivity contribution in [3.63, 3.8) is 0 Å². The van der Waals surface area contributed by atoms with Crippen LogP contribution in [0.5, 0.6) is 0 Å². The summed E-state index contributed by atoms with van der Waals surface area (Å²) in [6.45, 7) is 0.695. The second kappa shape index (κ2) is 4.29. The molecule has 1 aromatic rings. The number of nitriles is 1. The molecule has 0 amide bonds. The molecule has 0 atom stereocenters. The van der Waals surface area contributed by atoms with Gasteiger partial charge in [0.25, 0.3) is 0 Å². The molecule has 3 nitrogen and oxygen atoms in total. The number of nitrogens with zero attached hydrogens (tertiary/aromatic N) is 2. The first kappa shape index (κ1) is 7.55. The third kappa shape index (κ3) is 2.67. The van der Waals surface area contributed by atoms with E-state index in [-0.39, 0.29) is 0 Å². The molecule has 0 fully saturated rings. The van der Waals surface area contributed by atoms with Gasteiger partial charge in [-0.25, -0.2) is 0 Å². The van der Waals surface area contributed by atoms with E-state index < -0.39 is 0 Å². The number of aromatic nitrogens is 1. The van der Waals surface area contributed by atoms with E-state index in [1.165, 1.54) is 0 Å². The lowest BCUT2D eigenvalue weighted by Gasteiger charge is -2.00. The minimum Gasteiger partial charge on any atom is -0.384 e. The van der Waals surface area contributed by atoms with Gasteiger partial charge in [-0.3, -0.25) is 4.98 Å². The van der Waals surface area contributed by atoms with E-state index in [0.717, 1.165) is 5.69 Å². The Morgan fingerprint density at radius 3 is 2.82 bits per heavy atom. The molecule has 0 aliphatic heterocycles. The number of anilines is 1. The molecule has 1 heterocycles. The molecule has 1 aromatic heterocycles. The van der Waals surface area contributed by atoms with E-state index in [0.29, 0.717) is 13.0 Å². The quantitative estimate of drug-likeness (QED) is 0.657. The van der Waals surface area contributed by atoms with Crippen LogP contribution in [0.2, 0.25) is 0 Å². The number of nitrogens with one attached hydrogen (secondary N) is 1. The fourth-order valence-corrected chi connectivity index (χ4v) is 0.733. The van der Waals surface area contributed by atoms with Gasteiger partial charge in [0.1, 0.15) is 0 Å². The first-order valence-electron chi connectivity index (χ1n) is 3.44. The average Bonchev–Trinajstić information content (AvgIpc) is 2.07. The van der Waals surface area contributed by atoms with Crippen molar-refractivity contribution in [3.05, 3.63) is 24.5 Å². The van der Waals surface area contributed by atoms with Crippen molar-refractivity contribution < 1.29 is 0 Å². The Bertz CT molecular complexity index is 237. The van der Waals surface area contributed by atoms with Crippen LogP contribution in [0.25, 0.3) is 0 Å². The summed E-state index contributed by atoms with van der Waals surface area (Å²) >= 11 is 0. The van der Waals surface area contributed by atoms with Crippen molar-refractivity contribution in [2.45, 2.75) is 6.42 Å². The third-order valence-corrected chi connectivity index (χ3v) is 1.25. The van der Waals surface area contributed by atoms with Crippen LogP contribution in [0.3, 0.4) is 0 Å². The molecule has 0 radical (unpaired) electrons. The van der Waals surface area contributed by atoms with Crippen LogP contribution in [-0.2, 0) is 0 Å². The van der Waals surface area contributed by atoms with Crippen molar-refractivity contribution in [1.82, 2.24) is 4.98 Å². The second-order valence-corrected chi connectivity index (χ2v) is 2.07. The Kier molecular flexibility index (Phi) is 2.94. The Morgan fingerprint density at radius 2 is 2.18 bits per heavy atom. The van der Waals surface area contributed by atoms with Gasteiger partial charge in [0.15, 0.2) is 0 Å². The number of rotatable bonds is 3. The lowest BCUT2D eigenvalue weighted by molar-refractivity contribution is 1.07. The highest BCUT2D eigenvalue weighted by Gasteiger charge is 1.86. The number of pyridine rings is 1. The van der Waals surface area contributed by atoms with Gasteiger partial charge in [0.05, 0.1) is 12.5 Å². The molecule has 3 heteroatoms. The fourth-order valence-electron chi connectivity index (χ4n) is 0.733. The van der Waals surface area contributed by atoms with Crippen LogP contribution in [-0.4, -0.2) is 11.5 Å². The summed E-state index contributed by atoms with van der Waals surface area (Å²) in [5.41, 5.74) is 1.01. The Labute approximate surface area is 65.7 Å². The molecule has 1 rings (SSSR count). The standard InChI is InChI=1S/C8H9N3/c9-4-1-5-11-8-2-6-10-7-3-8/h2-3,6-7H,1,5H2,(H,10,11). The fraction of sp³-hybridized carbons (Fsp3) is 0.250. The highest BCUT2D eigenvalue weighted by molar-refractivity contribution is 5.40. The highest BCUT2D eigenvalue weighted by atomic mass is 14.9. The minimum absolute atomic E-state index is 0.530. The highest BCUT2D eigenvalue weighted by Crippen LogP contribution is 2.01. The Balaban J connectivity index is 2.35. The summed E-state index contributed by atoms with van der Waals surface area (Å²) in [4.78, 5) is 3.87. The van der Waals surface area contributed by atoms with E-state index in [9.17, 15) is 0 Å². The van der Waals surface area contributed by atoms with Crippen molar-refractivity contribution >= 4 is 5.69 Å². The van der Waals surface area contributed by atoms with Gasteiger partial charge in [-0.1, -0.05) is 0 Å². The summed E-state index contributed by atoms with van der Waals surface area (Å²) in [5, 5.41) is 11.3. The third-order valence-electron chi connectivity index (χ3n) is 1.25. The maximum absolute atomic E-state index is 8.24. The molecular formula is C8H9N3. The molecule has 11 heavy (non-hydrogen) atoms. The summed E-state index contributed by atoms with van der Waals surface area (Å²) in [6.07, 6.45) is 3.96. The summed E-state index contributed by atoms with van der Waals surface area (Å²) in [7, 11) is 0. The summed E-state index contributed by atoms with van der Waals surface area (Å²) in [5.74, 6) is 0. The molecule has 0 aromatic carbocycles. The van der Waals surface area contributed by atoms with Gasteiger partial charge in [-0.05, 0) is 12.1 Å². The predicted molar refractivity (Wildman–Crippen MR) is 43.0 cm³/mol. The molecule has 0 aliphatic rings.